The fraction of sp³-hybridized carbons (Fsp3) is 0.250. The van der Waals surface area contributed by atoms with Crippen LogP contribution in [0, 0.1) is 6.92 Å². The predicted molar refractivity (Wildman–Crippen MR) is 50.8 cm³/mol. The van der Waals surface area contributed by atoms with Gasteiger partial charge < -0.3 is 0 Å². The van der Waals surface area contributed by atoms with Crippen molar-refractivity contribution in [3.8, 4) is 0 Å². The molecular weight excluding hydrogens is 156 g/mol. The maximum atomic E-state index is 4.22. The molecule has 0 saturated carbocycles. The topological polar surface area (TPSA) is 25.2 Å². The molecule has 0 aliphatic heterocycles. The van der Waals surface area contributed by atoms with Crippen molar-refractivity contribution >= 4 is 29.4 Å². The predicted octanol–water partition coefficient (Wildman–Crippen LogP) is 2.82. The van der Waals surface area contributed by atoms with E-state index in [4.69, 9.17) is 0 Å². The highest BCUT2D eigenvalue weighted by Gasteiger charge is 2.02. The highest BCUT2D eigenvalue weighted by atomic mass is 32.1. The molecule has 0 atom stereocenters. The van der Waals surface area contributed by atoms with Gasteiger partial charge in [-0.3, -0.25) is 0 Å². The van der Waals surface area contributed by atoms with E-state index < -0.39 is 0 Å². The third kappa shape index (κ3) is 1.74. The van der Waals surface area contributed by atoms with Crippen LogP contribution >= 0.6 is 11.3 Å². The van der Waals surface area contributed by atoms with Crippen LogP contribution in [-0.4, -0.2) is 11.2 Å². The molecule has 58 valence electrons. The fourth-order valence-electron chi connectivity index (χ4n) is 0.780. The van der Waals surface area contributed by atoms with Gasteiger partial charge in [-0.2, -0.15) is 0 Å². The molecule has 0 fully saturated rings. The number of hydrogen-bond acceptors (Lipinski definition) is 3. The summed E-state index contributed by atoms with van der Waals surface area (Å²) in [5.41, 5.74) is 0. The van der Waals surface area contributed by atoms with E-state index in [2.05, 4.69) is 16.6 Å². The van der Waals surface area contributed by atoms with Crippen LogP contribution in [0.25, 0.3) is 6.08 Å². The molecule has 0 aliphatic carbocycles. The van der Waals surface area contributed by atoms with Crippen LogP contribution in [0.1, 0.15) is 16.8 Å². The van der Waals surface area contributed by atoms with Gasteiger partial charge in [-0.15, -0.1) is 11.3 Å². The minimum Gasteiger partial charge on any atom is -0.241 e. The largest absolute Gasteiger partial charge is 0.241 e. The van der Waals surface area contributed by atoms with Gasteiger partial charge >= 0.3 is 0 Å². The van der Waals surface area contributed by atoms with Crippen molar-refractivity contribution in [2.45, 2.75) is 13.8 Å². The molecule has 0 aliphatic rings. The minimum absolute atomic E-state index is 0.782. The van der Waals surface area contributed by atoms with Crippen molar-refractivity contribution in [3.63, 3.8) is 0 Å². The molecule has 11 heavy (non-hydrogen) atoms. The number of nitrogens with zero attached hydrogens (tertiary/aromatic N) is 2. The van der Waals surface area contributed by atoms with Crippen molar-refractivity contribution < 1.29 is 0 Å². The first-order valence-electron chi connectivity index (χ1n) is 3.36. The number of aromatic nitrogens is 1. The van der Waals surface area contributed by atoms with Gasteiger partial charge in [-0.1, -0.05) is 6.58 Å². The van der Waals surface area contributed by atoms with E-state index in [1.165, 1.54) is 0 Å². The molecule has 1 aromatic rings. The van der Waals surface area contributed by atoms with Crippen LogP contribution < -0.4 is 0 Å². The number of aryl methyl sites for hydroxylation is 1. The Morgan fingerprint density at radius 2 is 2.36 bits per heavy atom. The summed E-state index contributed by atoms with van der Waals surface area (Å²) in [6, 6.07) is 0. The molecule has 0 spiro atoms. The van der Waals surface area contributed by atoms with E-state index >= 15 is 0 Å². The molecule has 0 N–H and O–H groups in total. The van der Waals surface area contributed by atoms with E-state index in [-0.39, 0.29) is 0 Å². The van der Waals surface area contributed by atoms with Gasteiger partial charge in [0.2, 0.25) is 0 Å². The summed E-state index contributed by atoms with van der Waals surface area (Å²) in [4.78, 5) is 9.36. The highest BCUT2D eigenvalue weighted by molar-refractivity contribution is 7.12. The summed E-state index contributed by atoms with van der Waals surface area (Å²) in [6.45, 7) is 7.52. The van der Waals surface area contributed by atoms with Gasteiger partial charge in [-0.05, 0) is 19.9 Å². The molecule has 3 heteroatoms. The number of aliphatic imine (C=N–C) groups is 1. The standard InChI is InChI=1S/C8H10N2S/c1-4-7-8(9-5-2)10-6(3)11-7/h4-5H,1H2,2-3H3/b9-5-. The Bertz CT molecular complexity index is 286. The first-order valence-corrected chi connectivity index (χ1v) is 4.18. The monoisotopic (exact) mass is 166 g/mol. The molecule has 0 amide bonds. The van der Waals surface area contributed by atoms with Crippen molar-refractivity contribution in [2.75, 3.05) is 0 Å². The SMILES string of the molecule is C=Cc1sc(C)nc1/N=C\C. The molecule has 2 nitrogen and oxygen atoms in total. The van der Waals surface area contributed by atoms with Crippen molar-refractivity contribution in [2.24, 2.45) is 4.99 Å². The van der Waals surface area contributed by atoms with Crippen molar-refractivity contribution in [3.05, 3.63) is 16.5 Å². The van der Waals surface area contributed by atoms with Gasteiger partial charge in [0.1, 0.15) is 0 Å². The van der Waals surface area contributed by atoms with Crippen molar-refractivity contribution in [1.82, 2.24) is 4.98 Å². The average molecular weight is 166 g/mol. The molecule has 1 heterocycles. The van der Waals surface area contributed by atoms with Gasteiger partial charge in [0.15, 0.2) is 5.82 Å². The van der Waals surface area contributed by atoms with Crippen LogP contribution in [0.4, 0.5) is 5.82 Å². The van der Waals surface area contributed by atoms with E-state index in [0.717, 1.165) is 15.7 Å². The summed E-state index contributed by atoms with van der Waals surface area (Å²) in [5, 5.41) is 1.03. The second-order valence-corrected chi connectivity index (χ2v) is 3.25. The maximum absolute atomic E-state index is 4.22. The summed E-state index contributed by atoms with van der Waals surface area (Å²) in [7, 11) is 0. The summed E-state index contributed by atoms with van der Waals surface area (Å²) in [5.74, 6) is 0.782. The minimum atomic E-state index is 0.782. The second-order valence-electron chi connectivity index (χ2n) is 2.01. The molecular formula is C8H10N2S. The van der Waals surface area contributed by atoms with E-state index in [0.29, 0.717) is 0 Å². The Morgan fingerprint density at radius 3 is 2.91 bits per heavy atom. The van der Waals surface area contributed by atoms with E-state index in [1.54, 1.807) is 23.6 Å². The van der Waals surface area contributed by atoms with E-state index in [1.807, 2.05) is 13.8 Å². The maximum Gasteiger partial charge on any atom is 0.170 e. The zero-order valence-electron chi connectivity index (χ0n) is 6.66. The van der Waals surface area contributed by atoms with Crippen LogP contribution in [0.2, 0.25) is 0 Å². The Labute approximate surface area is 70.3 Å². The Morgan fingerprint density at radius 1 is 1.64 bits per heavy atom. The summed E-state index contributed by atoms with van der Waals surface area (Å²) < 4.78 is 0. The third-order valence-corrected chi connectivity index (χ3v) is 2.13. The molecule has 0 unspecified atom stereocenters. The molecule has 0 aromatic carbocycles. The molecule has 0 bridgehead atoms. The van der Waals surface area contributed by atoms with Gasteiger partial charge in [-0.25, -0.2) is 9.98 Å². The van der Waals surface area contributed by atoms with Gasteiger partial charge in [0.25, 0.3) is 0 Å². The number of rotatable bonds is 2. The van der Waals surface area contributed by atoms with E-state index in [9.17, 15) is 0 Å². The number of thiazole rings is 1. The Kier molecular flexibility index (Phi) is 2.54. The van der Waals surface area contributed by atoms with Crippen LogP contribution in [0.15, 0.2) is 11.6 Å². The lowest BCUT2D eigenvalue weighted by atomic mass is 10.5. The second kappa shape index (κ2) is 3.44. The molecule has 1 rings (SSSR count). The quantitative estimate of drug-likeness (QED) is 0.620. The summed E-state index contributed by atoms with van der Waals surface area (Å²) in [6.07, 6.45) is 3.52. The lowest BCUT2D eigenvalue weighted by molar-refractivity contribution is 1.26. The van der Waals surface area contributed by atoms with Crippen LogP contribution in [0.5, 0.6) is 0 Å². The Balaban J connectivity index is 3.11. The molecule has 0 saturated heterocycles. The first kappa shape index (κ1) is 8.14. The normalized spacial score (nSPS) is 10.7. The van der Waals surface area contributed by atoms with Gasteiger partial charge in [0, 0.05) is 6.21 Å². The number of hydrogen-bond donors (Lipinski definition) is 0. The molecule has 0 radical (unpaired) electrons. The average Bonchev–Trinajstić information content (AvgIpc) is 2.32. The summed E-state index contributed by atoms with van der Waals surface area (Å²) >= 11 is 1.61. The Hall–Kier alpha value is -0.960. The van der Waals surface area contributed by atoms with Crippen LogP contribution in [0.3, 0.4) is 0 Å². The first-order chi connectivity index (χ1) is 5.27. The molecule has 1 aromatic heterocycles. The van der Waals surface area contributed by atoms with Crippen molar-refractivity contribution in [1.29, 1.82) is 0 Å². The lowest BCUT2D eigenvalue weighted by Crippen LogP contribution is -1.68. The van der Waals surface area contributed by atoms with Crippen LogP contribution in [-0.2, 0) is 0 Å². The van der Waals surface area contributed by atoms with Gasteiger partial charge in [0.05, 0.1) is 9.88 Å². The zero-order chi connectivity index (χ0) is 8.27. The third-order valence-electron chi connectivity index (χ3n) is 1.18. The zero-order valence-corrected chi connectivity index (χ0v) is 7.48. The lowest BCUT2D eigenvalue weighted by Gasteiger charge is -1.84. The smallest absolute Gasteiger partial charge is 0.170 e. The highest BCUT2D eigenvalue weighted by Crippen LogP contribution is 2.25. The fourth-order valence-corrected chi connectivity index (χ4v) is 1.50.